The molecule has 0 fully saturated rings. The average Bonchev–Trinajstić information content (AvgIpc) is 2.54. The van der Waals surface area contributed by atoms with Crippen molar-refractivity contribution >= 4 is 11.6 Å². The number of carbonyl (C=O) groups is 1. The van der Waals surface area contributed by atoms with Gasteiger partial charge in [0.1, 0.15) is 5.75 Å². The molecule has 5 heteroatoms. The first-order valence-corrected chi connectivity index (χ1v) is 7.23. The van der Waals surface area contributed by atoms with Crippen LogP contribution in [0.15, 0.2) is 36.4 Å². The lowest BCUT2D eigenvalue weighted by Crippen LogP contribution is -2.51. The molecule has 5 nitrogen and oxygen atoms in total. The summed E-state index contributed by atoms with van der Waals surface area (Å²) in [7, 11) is 1.62. The average molecular weight is 289 g/mol. The van der Waals surface area contributed by atoms with E-state index in [2.05, 4.69) is 22.4 Å². The van der Waals surface area contributed by atoms with E-state index >= 15 is 0 Å². The van der Waals surface area contributed by atoms with Crippen molar-refractivity contribution < 1.29 is 9.53 Å². The summed E-state index contributed by atoms with van der Waals surface area (Å²) < 4.78 is 5.10. The second kappa shape index (κ2) is 7.24. The summed E-state index contributed by atoms with van der Waals surface area (Å²) >= 11 is 0. The van der Waals surface area contributed by atoms with Crippen LogP contribution < -0.4 is 15.8 Å². The van der Waals surface area contributed by atoms with Crippen LogP contribution in [-0.2, 0) is 4.79 Å². The maximum absolute atomic E-state index is 12.4. The molecule has 0 aliphatic carbocycles. The molecule has 1 aromatic rings. The number of nitrogens with two attached hydrogens (primary N) is 1. The largest absolute Gasteiger partial charge is 0.497 e. The fourth-order valence-electron chi connectivity index (χ4n) is 2.52. The van der Waals surface area contributed by atoms with Gasteiger partial charge in [0.05, 0.1) is 13.2 Å². The molecule has 1 aliphatic heterocycles. The monoisotopic (exact) mass is 289 g/mol. The van der Waals surface area contributed by atoms with Crippen LogP contribution in [0.3, 0.4) is 0 Å². The molecule has 0 radical (unpaired) electrons. The van der Waals surface area contributed by atoms with Crippen molar-refractivity contribution in [3.05, 3.63) is 36.4 Å². The smallest absolute Gasteiger partial charge is 0.241 e. The van der Waals surface area contributed by atoms with Crippen molar-refractivity contribution in [1.29, 1.82) is 0 Å². The maximum Gasteiger partial charge on any atom is 0.241 e. The van der Waals surface area contributed by atoms with Gasteiger partial charge in [-0.15, -0.1) is 0 Å². The third-order valence-corrected chi connectivity index (χ3v) is 3.81. The van der Waals surface area contributed by atoms with Crippen LogP contribution in [0.4, 0.5) is 5.69 Å². The number of ether oxygens (including phenoxy) is 1. The lowest BCUT2D eigenvalue weighted by molar-refractivity contribution is -0.121. The first-order chi connectivity index (χ1) is 10.2. The lowest BCUT2D eigenvalue weighted by Gasteiger charge is -2.35. The van der Waals surface area contributed by atoms with Gasteiger partial charge in [0.2, 0.25) is 5.91 Å². The van der Waals surface area contributed by atoms with E-state index in [1.807, 2.05) is 31.2 Å². The summed E-state index contributed by atoms with van der Waals surface area (Å²) in [5.74, 6) is 0.749. The van der Waals surface area contributed by atoms with Gasteiger partial charge in [-0.1, -0.05) is 12.2 Å². The van der Waals surface area contributed by atoms with E-state index in [9.17, 15) is 4.79 Å². The summed E-state index contributed by atoms with van der Waals surface area (Å²) in [6, 6.07) is 7.24. The predicted molar refractivity (Wildman–Crippen MR) is 84.4 cm³/mol. The fourth-order valence-corrected chi connectivity index (χ4v) is 2.52. The minimum absolute atomic E-state index is 0.0195. The van der Waals surface area contributed by atoms with Crippen LogP contribution >= 0.6 is 0 Å². The number of methoxy groups -OCH3 is 1. The predicted octanol–water partition coefficient (Wildman–Crippen LogP) is 1.61. The Morgan fingerprint density at radius 2 is 2.19 bits per heavy atom. The first kappa shape index (κ1) is 15.5. The number of benzene rings is 1. The van der Waals surface area contributed by atoms with Crippen LogP contribution in [0.2, 0.25) is 0 Å². The van der Waals surface area contributed by atoms with Gasteiger partial charge >= 0.3 is 0 Å². The van der Waals surface area contributed by atoms with Crippen LogP contribution in [0.25, 0.3) is 0 Å². The zero-order valence-electron chi connectivity index (χ0n) is 12.6. The Morgan fingerprint density at radius 3 is 2.81 bits per heavy atom. The zero-order chi connectivity index (χ0) is 15.2. The van der Waals surface area contributed by atoms with Crippen molar-refractivity contribution in [2.45, 2.75) is 25.4 Å². The summed E-state index contributed by atoms with van der Waals surface area (Å²) in [6.45, 7) is 3.30. The Morgan fingerprint density at radius 1 is 1.48 bits per heavy atom. The molecule has 2 rings (SSSR count). The van der Waals surface area contributed by atoms with Gasteiger partial charge in [0.15, 0.2) is 0 Å². The molecule has 1 heterocycles. The molecule has 0 saturated heterocycles. The van der Waals surface area contributed by atoms with Gasteiger partial charge < -0.3 is 15.8 Å². The number of carbonyl (C=O) groups excluding carboxylic acids is 1. The van der Waals surface area contributed by atoms with Crippen LogP contribution in [0.5, 0.6) is 5.75 Å². The molecule has 0 saturated carbocycles. The summed E-state index contributed by atoms with van der Waals surface area (Å²) in [4.78, 5) is 14.5. The number of nitrogens with zero attached hydrogens (tertiary/aromatic N) is 1. The highest BCUT2D eigenvalue weighted by molar-refractivity contribution is 5.94. The van der Waals surface area contributed by atoms with Crippen LogP contribution in [0.1, 0.15) is 13.3 Å². The van der Waals surface area contributed by atoms with E-state index in [0.717, 1.165) is 24.4 Å². The molecular formula is C16H23N3O2. The van der Waals surface area contributed by atoms with Gasteiger partial charge in [-0.05, 0) is 37.6 Å². The van der Waals surface area contributed by atoms with E-state index in [0.29, 0.717) is 6.54 Å². The van der Waals surface area contributed by atoms with E-state index < -0.39 is 0 Å². The Kier molecular flexibility index (Phi) is 5.36. The fraction of sp³-hybridized carbons (Fsp3) is 0.438. The second-order valence-electron chi connectivity index (χ2n) is 5.15. The number of rotatable bonds is 5. The normalized spacial score (nSPS) is 20.0. The number of hydrogen-bond acceptors (Lipinski definition) is 4. The van der Waals surface area contributed by atoms with Crippen LogP contribution in [0, 0.1) is 0 Å². The Balaban J connectivity index is 1.99. The summed E-state index contributed by atoms with van der Waals surface area (Å²) in [5, 5.41) is 2.93. The third kappa shape index (κ3) is 3.83. The highest BCUT2D eigenvalue weighted by Crippen LogP contribution is 2.17. The first-order valence-electron chi connectivity index (χ1n) is 7.23. The minimum atomic E-state index is -0.217. The van der Waals surface area contributed by atoms with Crippen molar-refractivity contribution in [2.24, 2.45) is 5.73 Å². The SMILES string of the molecule is COc1ccc(NC(=O)C(C)N2CCC=CC2CN)cc1. The number of nitrogens with one attached hydrogen (secondary N) is 1. The molecule has 2 unspecified atom stereocenters. The molecule has 1 aliphatic rings. The van der Waals surface area contributed by atoms with E-state index in [1.54, 1.807) is 7.11 Å². The third-order valence-electron chi connectivity index (χ3n) is 3.81. The molecule has 21 heavy (non-hydrogen) atoms. The quantitative estimate of drug-likeness (QED) is 0.808. The maximum atomic E-state index is 12.4. The highest BCUT2D eigenvalue weighted by atomic mass is 16.5. The molecule has 1 amide bonds. The number of hydrogen-bond donors (Lipinski definition) is 2. The highest BCUT2D eigenvalue weighted by Gasteiger charge is 2.27. The molecule has 0 spiro atoms. The molecule has 0 bridgehead atoms. The van der Waals surface area contributed by atoms with Crippen molar-refractivity contribution in [2.75, 3.05) is 25.5 Å². The van der Waals surface area contributed by atoms with Gasteiger partial charge in [-0.2, -0.15) is 0 Å². The zero-order valence-corrected chi connectivity index (χ0v) is 12.6. The van der Waals surface area contributed by atoms with Gasteiger partial charge in [0, 0.05) is 24.8 Å². The standard InChI is InChI=1S/C16H23N3O2/c1-12(19-10-4-3-5-14(19)11-17)16(20)18-13-6-8-15(21-2)9-7-13/h3,5-9,12,14H,4,10-11,17H2,1-2H3,(H,18,20). The second-order valence-corrected chi connectivity index (χ2v) is 5.15. The molecular weight excluding hydrogens is 266 g/mol. The van der Waals surface area contributed by atoms with Gasteiger partial charge in [-0.25, -0.2) is 0 Å². The van der Waals surface area contributed by atoms with E-state index in [-0.39, 0.29) is 18.0 Å². The topological polar surface area (TPSA) is 67.6 Å². The Bertz CT molecular complexity index is 499. The molecule has 0 aromatic heterocycles. The van der Waals surface area contributed by atoms with Crippen molar-refractivity contribution in [3.63, 3.8) is 0 Å². The molecule has 1 aromatic carbocycles. The van der Waals surface area contributed by atoms with Crippen molar-refractivity contribution in [3.8, 4) is 5.75 Å². The molecule has 114 valence electrons. The molecule has 2 atom stereocenters. The summed E-state index contributed by atoms with van der Waals surface area (Å²) in [6.07, 6.45) is 5.17. The lowest BCUT2D eigenvalue weighted by atomic mass is 10.1. The minimum Gasteiger partial charge on any atom is -0.497 e. The number of amides is 1. The van der Waals surface area contributed by atoms with E-state index in [4.69, 9.17) is 10.5 Å². The summed E-state index contributed by atoms with van der Waals surface area (Å²) in [5.41, 5.74) is 6.55. The van der Waals surface area contributed by atoms with E-state index in [1.165, 1.54) is 0 Å². The molecule has 3 N–H and O–H groups in total. The Labute approximate surface area is 125 Å². The number of anilines is 1. The van der Waals surface area contributed by atoms with Gasteiger partial charge in [0.25, 0.3) is 0 Å². The van der Waals surface area contributed by atoms with Gasteiger partial charge in [-0.3, -0.25) is 9.69 Å². The Hall–Kier alpha value is -1.85. The van der Waals surface area contributed by atoms with Crippen molar-refractivity contribution in [1.82, 2.24) is 4.90 Å². The van der Waals surface area contributed by atoms with Crippen LogP contribution in [-0.4, -0.2) is 43.1 Å².